The molecule has 0 amide bonds. The Kier molecular flexibility index (Phi) is 8.30. The molecule has 1 aliphatic rings. The lowest BCUT2D eigenvalue weighted by Gasteiger charge is -2.57. The number of halogens is 3. The smallest absolute Gasteiger partial charge is 0.485 e. The molecule has 7 nitrogen and oxygen atoms in total. The van der Waals surface area contributed by atoms with Crippen LogP contribution in [0.5, 0.6) is 5.75 Å². The maximum atomic E-state index is 13.4. The number of hydrogen-bond acceptors (Lipinski definition) is 6. The third-order valence-electron chi connectivity index (χ3n) is 5.85. The van der Waals surface area contributed by atoms with Crippen molar-refractivity contribution in [1.82, 2.24) is 0 Å². The van der Waals surface area contributed by atoms with E-state index >= 15 is 0 Å². The van der Waals surface area contributed by atoms with Crippen molar-refractivity contribution < 1.29 is 44.9 Å². The highest BCUT2D eigenvalue weighted by molar-refractivity contribution is 7.86. The summed E-state index contributed by atoms with van der Waals surface area (Å²) in [5.74, 6) is 0.704. The highest BCUT2D eigenvalue weighted by Crippen LogP contribution is 2.49. The molecule has 2 aromatic carbocycles. The van der Waals surface area contributed by atoms with E-state index in [9.17, 15) is 18.0 Å². The van der Waals surface area contributed by atoms with Crippen molar-refractivity contribution in [3.8, 4) is 5.75 Å². The van der Waals surface area contributed by atoms with E-state index in [2.05, 4.69) is 19.2 Å². The summed E-state index contributed by atoms with van der Waals surface area (Å²) in [6, 6.07) is 18.2. The van der Waals surface area contributed by atoms with Crippen molar-refractivity contribution in [1.29, 1.82) is 0 Å². The van der Waals surface area contributed by atoms with E-state index in [1.54, 1.807) is 7.11 Å². The molecular weight excluding hydrogens is 487 g/mol. The van der Waals surface area contributed by atoms with Crippen LogP contribution in [0.2, 0.25) is 0 Å². The summed E-state index contributed by atoms with van der Waals surface area (Å²) in [5, 5.41) is 0. The lowest BCUT2D eigenvalue weighted by molar-refractivity contribution is -1.01. The van der Waals surface area contributed by atoms with Gasteiger partial charge in [0.15, 0.2) is 10.1 Å². The van der Waals surface area contributed by atoms with Crippen molar-refractivity contribution >= 4 is 16.1 Å². The molecule has 1 fully saturated rings. The van der Waals surface area contributed by atoms with Gasteiger partial charge in [0.2, 0.25) is 5.54 Å². The molecule has 0 N–H and O–H groups in total. The summed E-state index contributed by atoms with van der Waals surface area (Å²) in [6.07, 6.45) is 0.790. The van der Waals surface area contributed by atoms with Gasteiger partial charge in [0, 0.05) is 11.1 Å². The summed E-state index contributed by atoms with van der Waals surface area (Å²) >= 11 is 0. The Labute approximate surface area is 203 Å². The van der Waals surface area contributed by atoms with E-state index in [0.29, 0.717) is 4.48 Å². The highest BCUT2D eigenvalue weighted by atomic mass is 32.2. The monoisotopic (exact) mass is 517 g/mol. The standard InChI is InChI=1S/C23H30NO3.CHF3O3S/c1-22(2,3)27-21(25)23(19-9-7-6-8-10-19)15-16-24(23,4)17-18-11-13-20(26-5)14-12-18;2-1(3,4)8(5,6)7/h6-14H,15-17H2,1-5H3;(H,5,6,7)/q+1;/p-1. The fraction of sp³-hybridized carbons (Fsp3) is 0.458. The van der Waals surface area contributed by atoms with Crippen LogP contribution in [0.1, 0.15) is 38.3 Å². The zero-order valence-corrected chi connectivity index (χ0v) is 21.1. The van der Waals surface area contributed by atoms with Crippen LogP contribution in [0.3, 0.4) is 0 Å². The fourth-order valence-electron chi connectivity index (χ4n) is 4.04. The number of methoxy groups -OCH3 is 1. The van der Waals surface area contributed by atoms with Gasteiger partial charge < -0.3 is 18.5 Å². The van der Waals surface area contributed by atoms with Gasteiger partial charge in [0.1, 0.15) is 17.9 Å². The Morgan fingerprint density at radius 2 is 1.57 bits per heavy atom. The van der Waals surface area contributed by atoms with Gasteiger partial charge in [-0.15, -0.1) is 0 Å². The molecule has 0 aromatic heterocycles. The second kappa shape index (κ2) is 10.2. The van der Waals surface area contributed by atoms with Gasteiger partial charge in [-0.25, -0.2) is 13.2 Å². The molecule has 2 aromatic rings. The first-order valence-corrected chi connectivity index (χ1v) is 12.1. The molecule has 2 unspecified atom stereocenters. The van der Waals surface area contributed by atoms with E-state index in [-0.39, 0.29) is 5.97 Å². The van der Waals surface area contributed by atoms with Crippen LogP contribution in [0, 0.1) is 0 Å². The summed E-state index contributed by atoms with van der Waals surface area (Å²) in [7, 11) is -2.26. The maximum Gasteiger partial charge on any atom is 0.485 e. The summed E-state index contributed by atoms with van der Waals surface area (Å²) in [4.78, 5) is 13.4. The number of nitrogens with zero attached hydrogens (tertiary/aromatic N) is 1. The van der Waals surface area contributed by atoms with E-state index in [1.807, 2.05) is 63.2 Å². The first kappa shape index (κ1) is 28.6. The molecule has 11 heteroatoms. The van der Waals surface area contributed by atoms with Gasteiger partial charge in [-0.05, 0) is 45.0 Å². The van der Waals surface area contributed by atoms with Crippen molar-refractivity contribution in [3.63, 3.8) is 0 Å². The minimum Gasteiger partial charge on any atom is -0.741 e. The maximum absolute atomic E-state index is 13.4. The number of benzene rings is 2. The molecule has 1 aliphatic heterocycles. The lowest BCUT2D eigenvalue weighted by Crippen LogP contribution is -2.73. The van der Waals surface area contributed by atoms with E-state index in [4.69, 9.17) is 22.4 Å². The zero-order chi connectivity index (χ0) is 26.7. The summed E-state index contributed by atoms with van der Waals surface area (Å²) in [5.41, 5.74) is -4.62. The molecule has 0 bridgehead atoms. The topological polar surface area (TPSA) is 92.7 Å². The Hall–Kier alpha value is -2.63. The number of carbonyl (C=O) groups is 1. The van der Waals surface area contributed by atoms with Gasteiger partial charge in [-0.3, -0.25) is 0 Å². The molecule has 0 spiro atoms. The van der Waals surface area contributed by atoms with Crippen molar-refractivity contribution in [3.05, 3.63) is 65.7 Å². The molecule has 0 radical (unpaired) electrons. The van der Waals surface area contributed by atoms with Gasteiger partial charge in [-0.1, -0.05) is 30.3 Å². The quantitative estimate of drug-likeness (QED) is 0.254. The number of carbonyl (C=O) groups excluding carboxylic acids is 1. The zero-order valence-electron chi connectivity index (χ0n) is 20.3. The number of alkyl halides is 3. The number of likely N-dealkylation sites (tertiary alicyclic amines) is 1. The largest absolute Gasteiger partial charge is 0.741 e. The van der Waals surface area contributed by atoms with Crippen LogP contribution in [0.25, 0.3) is 0 Å². The highest BCUT2D eigenvalue weighted by Gasteiger charge is 2.65. The van der Waals surface area contributed by atoms with Gasteiger partial charge in [0.05, 0.1) is 27.1 Å². The predicted octanol–water partition coefficient (Wildman–Crippen LogP) is 4.33. The third kappa shape index (κ3) is 6.53. The Bertz CT molecular complexity index is 1110. The molecule has 35 heavy (non-hydrogen) atoms. The lowest BCUT2D eigenvalue weighted by atomic mass is 9.74. The molecule has 1 saturated heterocycles. The second-order valence-corrected chi connectivity index (χ2v) is 10.9. The summed E-state index contributed by atoms with van der Waals surface area (Å²) < 4.78 is 70.7. The normalized spacial score (nSPS) is 22.3. The first-order valence-electron chi connectivity index (χ1n) is 10.7. The van der Waals surface area contributed by atoms with Crippen LogP contribution in [-0.4, -0.2) is 55.2 Å². The van der Waals surface area contributed by atoms with Crippen LogP contribution < -0.4 is 4.74 Å². The molecule has 1 heterocycles. The summed E-state index contributed by atoms with van der Waals surface area (Å²) in [6.45, 7) is 7.47. The Morgan fingerprint density at radius 3 is 1.94 bits per heavy atom. The minimum absolute atomic E-state index is 0.136. The molecule has 3 rings (SSSR count). The fourth-order valence-corrected chi connectivity index (χ4v) is 4.04. The Balaban J connectivity index is 0.000000466. The number of rotatable bonds is 5. The number of quaternary nitrogens is 1. The first-order chi connectivity index (χ1) is 16.0. The second-order valence-electron chi connectivity index (χ2n) is 9.50. The van der Waals surface area contributed by atoms with Crippen molar-refractivity contribution in [2.24, 2.45) is 0 Å². The van der Waals surface area contributed by atoms with Crippen LogP contribution >= 0.6 is 0 Å². The van der Waals surface area contributed by atoms with E-state index < -0.39 is 26.8 Å². The van der Waals surface area contributed by atoms with Gasteiger partial charge in [0.25, 0.3) is 0 Å². The molecular formula is C24H30F3NO6S. The number of ether oxygens (including phenoxy) is 2. The van der Waals surface area contributed by atoms with Crippen LogP contribution in [-0.2, 0) is 31.7 Å². The molecule has 0 aliphatic carbocycles. The number of esters is 1. The predicted molar refractivity (Wildman–Crippen MR) is 122 cm³/mol. The average Bonchev–Trinajstić information content (AvgIpc) is 2.72. The molecule has 0 saturated carbocycles. The molecule has 194 valence electrons. The Morgan fingerprint density at radius 1 is 1.06 bits per heavy atom. The van der Waals surface area contributed by atoms with E-state index in [0.717, 1.165) is 30.8 Å². The number of hydrogen-bond donors (Lipinski definition) is 0. The van der Waals surface area contributed by atoms with Gasteiger partial charge in [-0.2, -0.15) is 13.2 Å². The van der Waals surface area contributed by atoms with Gasteiger partial charge >= 0.3 is 11.5 Å². The van der Waals surface area contributed by atoms with E-state index in [1.165, 1.54) is 5.56 Å². The third-order valence-corrected chi connectivity index (χ3v) is 6.42. The molecule has 2 atom stereocenters. The number of likely N-dealkylation sites (N-methyl/N-ethyl adjacent to an activating group) is 1. The average molecular weight is 518 g/mol. The van der Waals surface area contributed by atoms with Crippen molar-refractivity contribution in [2.45, 2.75) is 50.4 Å². The minimum atomic E-state index is -6.09. The van der Waals surface area contributed by atoms with Crippen LogP contribution in [0.15, 0.2) is 54.6 Å². The van der Waals surface area contributed by atoms with Crippen LogP contribution in [0.4, 0.5) is 13.2 Å². The SMILES string of the molecule is COc1ccc(C[N+]2(C)CCC2(C(=O)OC(C)(C)C)c2ccccc2)cc1.O=S(=O)([O-])C(F)(F)F. The van der Waals surface area contributed by atoms with Crippen molar-refractivity contribution in [2.75, 3.05) is 20.7 Å².